The molecule has 2 heteroatoms. The van der Waals surface area contributed by atoms with Gasteiger partial charge in [-0.15, -0.1) is 0 Å². The minimum atomic E-state index is 0.218. The van der Waals surface area contributed by atoms with E-state index in [1.54, 1.807) is 0 Å². The molecule has 2 nitrogen and oxygen atoms in total. The van der Waals surface area contributed by atoms with Gasteiger partial charge in [0.25, 0.3) is 0 Å². The van der Waals surface area contributed by atoms with Gasteiger partial charge in [-0.05, 0) is 24.0 Å². The number of hydrogen-bond donors (Lipinski definition) is 2. The molecular weight excluding hydrogens is 184 g/mol. The largest absolute Gasteiger partial charge is 0.383 e. The Morgan fingerprint density at radius 2 is 1.93 bits per heavy atom. The molecule has 1 rings (SSSR count). The SMILES string of the molecule is CCc1ccccc1NCC(N)C(C)C. The number of para-hydroxylation sites is 1. The van der Waals surface area contributed by atoms with Crippen molar-refractivity contribution in [2.75, 3.05) is 11.9 Å². The van der Waals surface area contributed by atoms with E-state index in [0.717, 1.165) is 13.0 Å². The molecule has 0 aliphatic rings. The molecule has 0 radical (unpaired) electrons. The minimum Gasteiger partial charge on any atom is -0.383 e. The third-order valence-electron chi connectivity index (χ3n) is 2.78. The normalized spacial score (nSPS) is 12.9. The number of benzene rings is 1. The Hall–Kier alpha value is -1.02. The van der Waals surface area contributed by atoms with Crippen molar-refractivity contribution in [1.29, 1.82) is 0 Å². The lowest BCUT2D eigenvalue weighted by atomic mass is 10.1. The van der Waals surface area contributed by atoms with Gasteiger partial charge in [-0.1, -0.05) is 39.0 Å². The van der Waals surface area contributed by atoms with Gasteiger partial charge in [0.05, 0.1) is 0 Å². The second kappa shape index (κ2) is 5.76. The molecule has 0 aliphatic heterocycles. The molecule has 0 fully saturated rings. The van der Waals surface area contributed by atoms with Gasteiger partial charge in [0.2, 0.25) is 0 Å². The molecule has 84 valence electrons. The first-order valence-electron chi connectivity index (χ1n) is 5.72. The van der Waals surface area contributed by atoms with Crippen molar-refractivity contribution >= 4 is 5.69 Å². The van der Waals surface area contributed by atoms with Gasteiger partial charge < -0.3 is 11.1 Å². The van der Waals surface area contributed by atoms with Crippen molar-refractivity contribution in [3.63, 3.8) is 0 Å². The van der Waals surface area contributed by atoms with Gasteiger partial charge in [0.1, 0.15) is 0 Å². The fourth-order valence-corrected chi connectivity index (χ4v) is 1.46. The maximum absolute atomic E-state index is 5.99. The summed E-state index contributed by atoms with van der Waals surface area (Å²) in [6.45, 7) is 7.31. The van der Waals surface area contributed by atoms with Gasteiger partial charge in [-0.3, -0.25) is 0 Å². The Morgan fingerprint density at radius 1 is 1.27 bits per heavy atom. The molecule has 0 saturated carbocycles. The molecule has 1 aromatic carbocycles. The van der Waals surface area contributed by atoms with E-state index < -0.39 is 0 Å². The van der Waals surface area contributed by atoms with Crippen LogP contribution in [0.25, 0.3) is 0 Å². The summed E-state index contributed by atoms with van der Waals surface area (Å²) < 4.78 is 0. The molecular formula is C13H22N2. The maximum atomic E-state index is 5.99. The molecule has 0 aromatic heterocycles. The van der Waals surface area contributed by atoms with Gasteiger partial charge in [-0.25, -0.2) is 0 Å². The van der Waals surface area contributed by atoms with Crippen molar-refractivity contribution in [2.24, 2.45) is 11.7 Å². The number of nitrogens with one attached hydrogen (secondary N) is 1. The van der Waals surface area contributed by atoms with Crippen LogP contribution in [0.5, 0.6) is 0 Å². The smallest absolute Gasteiger partial charge is 0.0373 e. The zero-order chi connectivity index (χ0) is 11.3. The molecule has 15 heavy (non-hydrogen) atoms. The highest BCUT2D eigenvalue weighted by molar-refractivity contribution is 5.51. The quantitative estimate of drug-likeness (QED) is 0.777. The standard InChI is InChI=1S/C13H22N2/c1-4-11-7-5-6-8-13(11)15-9-12(14)10(2)3/h5-8,10,12,15H,4,9,14H2,1-3H3. The highest BCUT2D eigenvalue weighted by atomic mass is 14.9. The molecule has 1 atom stereocenters. The van der Waals surface area contributed by atoms with Gasteiger partial charge in [0.15, 0.2) is 0 Å². The van der Waals surface area contributed by atoms with Gasteiger partial charge >= 0.3 is 0 Å². The molecule has 3 N–H and O–H groups in total. The summed E-state index contributed by atoms with van der Waals surface area (Å²) in [6.07, 6.45) is 1.06. The second-order valence-corrected chi connectivity index (χ2v) is 4.30. The predicted octanol–water partition coefficient (Wildman–Crippen LogP) is 2.64. The van der Waals surface area contributed by atoms with Crippen molar-refractivity contribution in [3.8, 4) is 0 Å². The lowest BCUT2D eigenvalue weighted by Gasteiger charge is -2.18. The van der Waals surface area contributed by atoms with Crippen molar-refractivity contribution in [3.05, 3.63) is 29.8 Å². The van der Waals surface area contributed by atoms with Crippen LogP contribution < -0.4 is 11.1 Å². The number of rotatable bonds is 5. The summed E-state index contributed by atoms with van der Waals surface area (Å²) in [5.74, 6) is 0.520. The molecule has 0 spiro atoms. The second-order valence-electron chi connectivity index (χ2n) is 4.30. The Morgan fingerprint density at radius 3 is 2.53 bits per heavy atom. The van der Waals surface area contributed by atoms with E-state index in [9.17, 15) is 0 Å². The van der Waals surface area contributed by atoms with Crippen molar-refractivity contribution in [2.45, 2.75) is 33.2 Å². The Balaban J connectivity index is 2.57. The number of nitrogens with two attached hydrogens (primary N) is 1. The van der Waals surface area contributed by atoms with E-state index in [1.165, 1.54) is 11.3 Å². The van der Waals surface area contributed by atoms with Crippen LogP contribution in [0.1, 0.15) is 26.3 Å². The molecule has 1 unspecified atom stereocenters. The van der Waals surface area contributed by atoms with Crippen LogP contribution in [0.3, 0.4) is 0 Å². The van der Waals surface area contributed by atoms with Crippen LogP contribution in [0.15, 0.2) is 24.3 Å². The first kappa shape index (κ1) is 12.1. The van der Waals surface area contributed by atoms with Gasteiger partial charge in [0, 0.05) is 18.3 Å². The van der Waals surface area contributed by atoms with Crippen molar-refractivity contribution in [1.82, 2.24) is 0 Å². The Labute approximate surface area is 92.9 Å². The number of anilines is 1. The van der Waals surface area contributed by atoms with Crippen LogP contribution in [-0.2, 0) is 6.42 Å². The average molecular weight is 206 g/mol. The summed E-state index contributed by atoms with van der Waals surface area (Å²) in [5.41, 5.74) is 8.57. The summed E-state index contributed by atoms with van der Waals surface area (Å²) in [4.78, 5) is 0. The summed E-state index contributed by atoms with van der Waals surface area (Å²) in [6, 6.07) is 8.62. The first-order valence-corrected chi connectivity index (χ1v) is 5.72. The maximum Gasteiger partial charge on any atom is 0.0373 e. The Kier molecular flexibility index (Phi) is 4.63. The fourth-order valence-electron chi connectivity index (χ4n) is 1.46. The summed E-state index contributed by atoms with van der Waals surface area (Å²) >= 11 is 0. The summed E-state index contributed by atoms with van der Waals surface area (Å²) in [5, 5.41) is 3.42. The topological polar surface area (TPSA) is 38.0 Å². The third kappa shape index (κ3) is 3.56. The van der Waals surface area contributed by atoms with Crippen LogP contribution in [-0.4, -0.2) is 12.6 Å². The molecule has 0 heterocycles. The van der Waals surface area contributed by atoms with Crippen LogP contribution in [0.2, 0.25) is 0 Å². The third-order valence-corrected chi connectivity index (χ3v) is 2.78. The fraction of sp³-hybridized carbons (Fsp3) is 0.538. The molecule has 0 amide bonds. The van der Waals surface area contributed by atoms with E-state index in [1.807, 2.05) is 0 Å². The van der Waals surface area contributed by atoms with Crippen LogP contribution >= 0.6 is 0 Å². The lowest BCUT2D eigenvalue weighted by molar-refractivity contribution is 0.511. The number of hydrogen-bond acceptors (Lipinski definition) is 2. The zero-order valence-electron chi connectivity index (χ0n) is 9.96. The number of aryl methyl sites for hydroxylation is 1. The van der Waals surface area contributed by atoms with E-state index in [4.69, 9.17) is 5.73 Å². The van der Waals surface area contributed by atoms with E-state index in [-0.39, 0.29) is 6.04 Å². The first-order chi connectivity index (χ1) is 7.15. The predicted molar refractivity (Wildman–Crippen MR) is 67.1 cm³/mol. The zero-order valence-corrected chi connectivity index (χ0v) is 9.96. The van der Waals surface area contributed by atoms with Crippen LogP contribution in [0, 0.1) is 5.92 Å². The molecule has 0 saturated heterocycles. The molecule has 0 bridgehead atoms. The highest BCUT2D eigenvalue weighted by Gasteiger charge is 2.07. The van der Waals surface area contributed by atoms with Gasteiger partial charge in [-0.2, -0.15) is 0 Å². The molecule has 1 aromatic rings. The summed E-state index contributed by atoms with van der Waals surface area (Å²) in [7, 11) is 0. The lowest BCUT2D eigenvalue weighted by Crippen LogP contribution is -2.34. The van der Waals surface area contributed by atoms with E-state index >= 15 is 0 Å². The minimum absolute atomic E-state index is 0.218. The van der Waals surface area contributed by atoms with E-state index in [2.05, 4.69) is 50.4 Å². The van der Waals surface area contributed by atoms with Crippen LogP contribution in [0.4, 0.5) is 5.69 Å². The average Bonchev–Trinajstić information content (AvgIpc) is 2.26. The highest BCUT2D eigenvalue weighted by Crippen LogP contribution is 2.15. The molecule has 0 aliphatic carbocycles. The van der Waals surface area contributed by atoms with Crippen molar-refractivity contribution < 1.29 is 0 Å². The monoisotopic (exact) mass is 206 g/mol. The Bertz CT molecular complexity index is 294. The van der Waals surface area contributed by atoms with E-state index in [0.29, 0.717) is 5.92 Å².